The Morgan fingerprint density at radius 3 is 1.66 bits per heavy atom. The van der Waals surface area contributed by atoms with E-state index in [0.29, 0.717) is 12.0 Å². The highest BCUT2D eigenvalue weighted by Crippen LogP contribution is 2.28. The smallest absolute Gasteiger partial charge is 0.188 e. The average molecular weight is 410 g/mol. The Labute approximate surface area is 178 Å². The predicted molar refractivity (Wildman–Crippen MR) is 126 cm³/mol. The molecule has 0 aliphatic heterocycles. The molecule has 0 amide bonds. The molecule has 1 rings (SSSR count). The van der Waals surface area contributed by atoms with Crippen LogP contribution >= 0.6 is 0 Å². The zero-order chi connectivity index (χ0) is 21.2. The van der Waals surface area contributed by atoms with Gasteiger partial charge in [0.25, 0.3) is 0 Å². The highest BCUT2D eigenvalue weighted by atomic mass is 15.1. The molecule has 0 heterocycles. The lowest BCUT2D eigenvalue weighted by atomic mass is 10.1. The molecule has 170 valence electrons. The summed E-state index contributed by atoms with van der Waals surface area (Å²) in [6.07, 6.45) is 16.4. The summed E-state index contributed by atoms with van der Waals surface area (Å²) in [6, 6.07) is 0.570. The summed E-state index contributed by atoms with van der Waals surface area (Å²) in [6.45, 7) is 6.18. The molecular weight excluding hydrogens is 362 g/mol. The maximum atomic E-state index is 5.88. The Balaban J connectivity index is 1.70. The van der Waals surface area contributed by atoms with Crippen molar-refractivity contribution in [2.45, 2.75) is 96.4 Å². The molecule has 0 spiro atoms. The number of nitrogens with one attached hydrogen (secondary N) is 2. The number of hydrogen-bond donors (Lipinski definition) is 5. The molecule has 0 saturated heterocycles. The second kappa shape index (κ2) is 17.4. The summed E-state index contributed by atoms with van der Waals surface area (Å²) >= 11 is 0. The van der Waals surface area contributed by atoms with Crippen molar-refractivity contribution in [1.29, 1.82) is 0 Å². The van der Waals surface area contributed by atoms with Gasteiger partial charge >= 0.3 is 0 Å². The Morgan fingerprint density at radius 1 is 0.724 bits per heavy atom. The van der Waals surface area contributed by atoms with Gasteiger partial charge in [-0.15, -0.1) is 0 Å². The third kappa shape index (κ3) is 17.1. The van der Waals surface area contributed by atoms with Crippen molar-refractivity contribution >= 4 is 11.9 Å². The monoisotopic (exact) mass is 409 g/mol. The van der Waals surface area contributed by atoms with Gasteiger partial charge in [0.15, 0.2) is 11.9 Å². The van der Waals surface area contributed by atoms with E-state index < -0.39 is 0 Å². The quantitative estimate of drug-likeness (QED) is 0.127. The van der Waals surface area contributed by atoms with Gasteiger partial charge in [-0.1, -0.05) is 58.3 Å². The molecule has 0 radical (unpaired) electrons. The van der Waals surface area contributed by atoms with Crippen LogP contribution in [0.1, 0.15) is 90.4 Å². The molecule has 0 aromatic rings. The van der Waals surface area contributed by atoms with Crippen LogP contribution in [0.25, 0.3) is 0 Å². The number of aliphatic imine (C=N–C) groups is 2. The standard InChI is InChI=1S/C22H47N7/c1-19-18-20(19)29-22(25)28-17-13-9-5-3-7-11-15-26-14-10-6-2-4-8-12-16-27-21(23)24/h19-20,26H,2-18H2,1H3,(H4,23,24,27)(H3,25,28,29). The number of unbranched alkanes of at least 4 members (excludes halogenated alkanes) is 10. The fourth-order valence-electron chi connectivity index (χ4n) is 3.43. The molecule has 0 aromatic carbocycles. The van der Waals surface area contributed by atoms with Crippen molar-refractivity contribution < 1.29 is 0 Å². The second-order valence-corrected chi connectivity index (χ2v) is 8.53. The van der Waals surface area contributed by atoms with Gasteiger partial charge in [0, 0.05) is 19.1 Å². The lowest BCUT2D eigenvalue weighted by Crippen LogP contribution is -2.34. The fourth-order valence-corrected chi connectivity index (χ4v) is 3.43. The van der Waals surface area contributed by atoms with Gasteiger partial charge in [0.05, 0.1) is 0 Å². The lowest BCUT2D eigenvalue weighted by molar-refractivity contribution is 0.540. The minimum absolute atomic E-state index is 0.207. The van der Waals surface area contributed by atoms with E-state index in [1.54, 1.807) is 0 Å². The molecule has 7 nitrogen and oxygen atoms in total. The van der Waals surface area contributed by atoms with Crippen molar-refractivity contribution in [3.63, 3.8) is 0 Å². The third-order valence-electron chi connectivity index (χ3n) is 5.54. The molecule has 7 heteroatoms. The molecule has 29 heavy (non-hydrogen) atoms. The van der Waals surface area contributed by atoms with E-state index in [1.165, 1.54) is 70.6 Å². The topological polar surface area (TPSA) is 127 Å². The van der Waals surface area contributed by atoms with Gasteiger partial charge in [0.2, 0.25) is 0 Å². The number of hydrogen-bond acceptors (Lipinski definition) is 3. The van der Waals surface area contributed by atoms with Crippen molar-refractivity contribution in [3.8, 4) is 0 Å². The normalized spacial score (nSPS) is 18.6. The molecule has 2 unspecified atom stereocenters. The molecule has 1 aliphatic rings. The largest absolute Gasteiger partial charge is 0.370 e. The van der Waals surface area contributed by atoms with Crippen molar-refractivity contribution in [3.05, 3.63) is 0 Å². The van der Waals surface area contributed by atoms with E-state index in [0.717, 1.165) is 44.9 Å². The first-order chi connectivity index (χ1) is 14.1. The number of nitrogens with zero attached hydrogens (tertiary/aromatic N) is 2. The molecule has 1 aliphatic carbocycles. The van der Waals surface area contributed by atoms with Crippen LogP contribution in [0.5, 0.6) is 0 Å². The molecule has 1 saturated carbocycles. The minimum Gasteiger partial charge on any atom is -0.370 e. The maximum Gasteiger partial charge on any atom is 0.188 e. The van der Waals surface area contributed by atoms with Crippen LogP contribution in [-0.2, 0) is 0 Å². The van der Waals surface area contributed by atoms with Gasteiger partial charge in [-0.3, -0.25) is 9.98 Å². The van der Waals surface area contributed by atoms with Gasteiger partial charge in [0.1, 0.15) is 0 Å². The Bertz CT molecular complexity index is 446. The van der Waals surface area contributed by atoms with Gasteiger partial charge in [-0.2, -0.15) is 0 Å². The van der Waals surface area contributed by atoms with Crippen molar-refractivity contribution in [2.75, 3.05) is 26.2 Å². The van der Waals surface area contributed by atoms with Gasteiger partial charge < -0.3 is 27.8 Å². The van der Waals surface area contributed by atoms with Crippen LogP contribution in [0.3, 0.4) is 0 Å². The van der Waals surface area contributed by atoms with Crippen LogP contribution in [0, 0.1) is 5.92 Å². The SMILES string of the molecule is CC1CC1NC(N)=NCCCCCCCCNCCCCCCCCN=C(N)N. The van der Waals surface area contributed by atoms with Crippen molar-refractivity contribution in [1.82, 2.24) is 10.6 Å². The van der Waals surface area contributed by atoms with E-state index in [4.69, 9.17) is 17.2 Å². The summed E-state index contributed by atoms with van der Waals surface area (Å²) in [7, 11) is 0. The Hall–Kier alpha value is -1.50. The van der Waals surface area contributed by atoms with Crippen LogP contribution in [0.15, 0.2) is 9.98 Å². The minimum atomic E-state index is 0.207. The van der Waals surface area contributed by atoms with Crippen molar-refractivity contribution in [2.24, 2.45) is 33.1 Å². The maximum absolute atomic E-state index is 5.88. The van der Waals surface area contributed by atoms with Crippen LogP contribution in [0.4, 0.5) is 0 Å². The molecule has 0 bridgehead atoms. The Kier molecular flexibility index (Phi) is 15.3. The second-order valence-electron chi connectivity index (χ2n) is 8.53. The summed E-state index contributed by atoms with van der Waals surface area (Å²) in [5, 5.41) is 6.85. The zero-order valence-electron chi connectivity index (χ0n) is 18.8. The first kappa shape index (κ1) is 25.5. The van der Waals surface area contributed by atoms with Crippen LogP contribution in [-0.4, -0.2) is 44.1 Å². The molecular formula is C22H47N7. The van der Waals surface area contributed by atoms with E-state index >= 15 is 0 Å². The highest BCUT2D eigenvalue weighted by Gasteiger charge is 2.32. The van der Waals surface area contributed by atoms with Gasteiger partial charge in [-0.05, 0) is 51.1 Å². The first-order valence-corrected chi connectivity index (χ1v) is 11.9. The summed E-state index contributed by atoms with van der Waals surface area (Å²) in [5.41, 5.74) is 16.5. The molecule has 2 atom stereocenters. The zero-order valence-corrected chi connectivity index (χ0v) is 18.8. The number of nitrogens with two attached hydrogens (primary N) is 3. The molecule has 8 N–H and O–H groups in total. The number of rotatable bonds is 19. The van der Waals surface area contributed by atoms with E-state index in [1.807, 2.05) is 0 Å². The first-order valence-electron chi connectivity index (χ1n) is 11.9. The summed E-state index contributed by atoms with van der Waals surface area (Å²) in [4.78, 5) is 8.41. The average Bonchev–Trinajstić information content (AvgIpc) is 3.37. The van der Waals surface area contributed by atoms with E-state index in [-0.39, 0.29) is 5.96 Å². The molecule has 0 aromatic heterocycles. The van der Waals surface area contributed by atoms with Gasteiger partial charge in [-0.25, -0.2) is 0 Å². The fraction of sp³-hybridized carbons (Fsp3) is 0.909. The summed E-state index contributed by atoms with van der Waals surface area (Å²) < 4.78 is 0. The number of guanidine groups is 2. The Morgan fingerprint density at radius 2 is 1.17 bits per heavy atom. The molecule has 1 fully saturated rings. The van der Waals surface area contributed by atoms with E-state index in [9.17, 15) is 0 Å². The van der Waals surface area contributed by atoms with E-state index in [2.05, 4.69) is 27.5 Å². The van der Waals surface area contributed by atoms with Crippen LogP contribution < -0.4 is 27.8 Å². The van der Waals surface area contributed by atoms with Crippen LogP contribution in [0.2, 0.25) is 0 Å². The predicted octanol–water partition coefficient (Wildman–Crippen LogP) is 2.84. The summed E-state index contributed by atoms with van der Waals surface area (Å²) in [5.74, 6) is 1.60. The third-order valence-corrected chi connectivity index (χ3v) is 5.54. The lowest BCUT2D eigenvalue weighted by Gasteiger charge is -2.05. The highest BCUT2D eigenvalue weighted by molar-refractivity contribution is 5.78.